The van der Waals surface area contributed by atoms with Crippen molar-refractivity contribution in [3.8, 4) is 28.4 Å². The van der Waals surface area contributed by atoms with Gasteiger partial charge in [-0.25, -0.2) is 4.68 Å². The highest BCUT2D eigenvalue weighted by atomic mass is 32.2. The summed E-state index contributed by atoms with van der Waals surface area (Å²) in [5.74, 6) is 2.13. The van der Waals surface area contributed by atoms with E-state index in [1.165, 1.54) is 0 Å². The number of morpholine rings is 1. The van der Waals surface area contributed by atoms with Crippen LogP contribution in [0.5, 0.6) is 11.5 Å². The number of amides is 1. The number of hydrogen-bond donors (Lipinski definition) is 0. The number of rotatable bonds is 6. The van der Waals surface area contributed by atoms with E-state index in [1.54, 1.807) is 11.8 Å². The average molecular weight is 493 g/mol. The summed E-state index contributed by atoms with van der Waals surface area (Å²) in [6, 6.07) is 16.0. The van der Waals surface area contributed by atoms with E-state index in [9.17, 15) is 4.79 Å². The van der Waals surface area contributed by atoms with Crippen LogP contribution in [0.25, 0.3) is 16.9 Å². The number of ether oxygens (including phenoxy) is 3. The van der Waals surface area contributed by atoms with Gasteiger partial charge < -0.3 is 19.1 Å². The van der Waals surface area contributed by atoms with Crippen LogP contribution in [-0.4, -0.2) is 83.8 Å². The van der Waals surface area contributed by atoms with Gasteiger partial charge >= 0.3 is 0 Å². The summed E-state index contributed by atoms with van der Waals surface area (Å²) in [4.78, 5) is 17.3. The van der Waals surface area contributed by atoms with Crippen molar-refractivity contribution in [1.29, 1.82) is 0 Å². The Labute approximate surface area is 208 Å². The van der Waals surface area contributed by atoms with Crippen molar-refractivity contribution in [2.75, 3.05) is 58.4 Å². The largest absolute Gasteiger partial charge is 0.486 e. The Balaban J connectivity index is 1.35. The molecule has 1 amide bonds. The van der Waals surface area contributed by atoms with E-state index in [1.807, 2.05) is 58.1 Å². The van der Waals surface area contributed by atoms with Crippen LogP contribution in [0, 0.1) is 0 Å². The second-order valence-corrected chi connectivity index (χ2v) is 9.84. The fraction of sp³-hybridized carbons (Fsp3) is 0.385. The standard InChI is InChI=1S/C26H28N4O4S/c31-24-18-35-26(29(24)9-8-28-10-12-32-13-11-28)21-17-30(20-4-2-1-3-5-20)27-25(21)19-6-7-22-23(16-19)34-15-14-33-22/h1-7,16-17,26H,8-15,18H2. The van der Waals surface area contributed by atoms with Crippen LogP contribution >= 0.6 is 11.8 Å². The zero-order valence-electron chi connectivity index (χ0n) is 19.5. The highest BCUT2D eigenvalue weighted by molar-refractivity contribution is 8.00. The van der Waals surface area contributed by atoms with Crippen LogP contribution in [0.15, 0.2) is 54.7 Å². The summed E-state index contributed by atoms with van der Waals surface area (Å²) in [7, 11) is 0. The van der Waals surface area contributed by atoms with Crippen molar-refractivity contribution in [3.63, 3.8) is 0 Å². The van der Waals surface area contributed by atoms with Crippen molar-refractivity contribution < 1.29 is 19.0 Å². The molecule has 2 fully saturated rings. The van der Waals surface area contributed by atoms with E-state index in [-0.39, 0.29) is 11.3 Å². The van der Waals surface area contributed by atoms with Crippen molar-refractivity contribution in [2.24, 2.45) is 0 Å². The van der Waals surface area contributed by atoms with Gasteiger partial charge in [-0.1, -0.05) is 18.2 Å². The molecule has 0 bridgehead atoms. The summed E-state index contributed by atoms with van der Waals surface area (Å²) in [6.45, 7) is 5.95. The molecule has 0 aliphatic carbocycles. The lowest BCUT2D eigenvalue weighted by molar-refractivity contribution is -0.128. The van der Waals surface area contributed by atoms with Crippen molar-refractivity contribution in [1.82, 2.24) is 19.6 Å². The summed E-state index contributed by atoms with van der Waals surface area (Å²) >= 11 is 1.67. The van der Waals surface area contributed by atoms with Crippen molar-refractivity contribution in [2.45, 2.75) is 5.37 Å². The molecule has 0 saturated carbocycles. The monoisotopic (exact) mass is 492 g/mol. The Morgan fingerprint density at radius 3 is 2.57 bits per heavy atom. The Morgan fingerprint density at radius 1 is 0.943 bits per heavy atom. The Bertz CT molecular complexity index is 1200. The summed E-state index contributed by atoms with van der Waals surface area (Å²) < 4.78 is 18.9. The normalized spacial score (nSPS) is 20.4. The molecule has 1 aromatic heterocycles. The molecule has 1 unspecified atom stereocenters. The molecular formula is C26H28N4O4S. The summed E-state index contributed by atoms with van der Waals surface area (Å²) in [5, 5.41) is 4.90. The third kappa shape index (κ3) is 4.63. The number of carbonyl (C=O) groups excluding carboxylic acids is 1. The number of benzene rings is 2. The molecule has 6 rings (SSSR count). The third-order valence-electron chi connectivity index (χ3n) is 6.57. The molecule has 9 heteroatoms. The van der Waals surface area contributed by atoms with Gasteiger partial charge in [-0.05, 0) is 30.3 Å². The van der Waals surface area contributed by atoms with Crippen molar-refractivity contribution >= 4 is 17.7 Å². The molecule has 3 aliphatic rings. The second-order valence-electron chi connectivity index (χ2n) is 8.78. The zero-order chi connectivity index (χ0) is 23.6. The first kappa shape index (κ1) is 22.5. The fourth-order valence-electron chi connectivity index (χ4n) is 4.72. The smallest absolute Gasteiger partial charge is 0.233 e. The van der Waals surface area contributed by atoms with Gasteiger partial charge in [-0.15, -0.1) is 11.8 Å². The first-order valence-corrected chi connectivity index (χ1v) is 13.1. The Hall–Kier alpha value is -3.01. The van der Waals surface area contributed by atoms with Gasteiger partial charge in [0, 0.05) is 43.5 Å². The molecule has 8 nitrogen and oxygen atoms in total. The highest BCUT2D eigenvalue weighted by Crippen LogP contribution is 2.44. The number of fused-ring (bicyclic) bond motifs is 1. The van der Waals surface area contributed by atoms with Gasteiger partial charge in [-0.3, -0.25) is 9.69 Å². The lowest BCUT2D eigenvalue weighted by atomic mass is 10.1. The third-order valence-corrected chi connectivity index (χ3v) is 7.81. The number of para-hydroxylation sites is 1. The van der Waals surface area contributed by atoms with Crippen LogP contribution in [0.4, 0.5) is 0 Å². The quantitative estimate of drug-likeness (QED) is 0.523. The average Bonchev–Trinajstić information content (AvgIpc) is 3.52. The molecule has 0 spiro atoms. The highest BCUT2D eigenvalue weighted by Gasteiger charge is 2.36. The molecule has 35 heavy (non-hydrogen) atoms. The maximum absolute atomic E-state index is 12.9. The molecular weight excluding hydrogens is 464 g/mol. The van der Waals surface area contributed by atoms with Gasteiger partial charge in [0.15, 0.2) is 11.5 Å². The lowest BCUT2D eigenvalue weighted by Crippen LogP contribution is -2.42. The van der Waals surface area contributed by atoms with Crippen LogP contribution in [-0.2, 0) is 9.53 Å². The van der Waals surface area contributed by atoms with E-state index in [0.29, 0.717) is 25.5 Å². The van der Waals surface area contributed by atoms with Crippen LogP contribution in [0.2, 0.25) is 0 Å². The molecule has 2 saturated heterocycles. The number of hydrogen-bond acceptors (Lipinski definition) is 7. The molecule has 0 N–H and O–H groups in total. The minimum Gasteiger partial charge on any atom is -0.486 e. The minimum atomic E-state index is -0.0933. The topological polar surface area (TPSA) is 69.1 Å². The Kier molecular flexibility index (Phi) is 6.37. The fourth-order valence-corrected chi connectivity index (χ4v) is 5.94. The summed E-state index contributed by atoms with van der Waals surface area (Å²) in [6.07, 6.45) is 2.07. The van der Waals surface area contributed by atoms with E-state index in [4.69, 9.17) is 19.3 Å². The van der Waals surface area contributed by atoms with E-state index in [2.05, 4.69) is 11.1 Å². The number of carbonyl (C=O) groups is 1. The van der Waals surface area contributed by atoms with E-state index in [0.717, 1.165) is 66.9 Å². The first-order chi connectivity index (χ1) is 17.3. The predicted octanol–water partition coefficient (Wildman–Crippen LogP) is 3.22. The van der Waals surface area contributed by atoms with Gasteiger partial charge in [0.05, 0.1) is 30.3 Å². The van der Waals surface area contributed by atoms with Crippen LogP contribution < -0.4 is 9.47 Å². The molecule has 4 heterocycles. The number of nitrogens with zero attached hydrogens (tertiary/aromatic N) is 4. The SMILES string of the molecule is O=C1CSC(c2cn(-c3ccccc3)nc2-c2ccc3c(c2)OCCO3)N1CCN1CCOCC1. The van der Waals surface area contributed by atoms with Crippen molar-refractivity contribution in [3.05, 3.63) is 60.3 Å². The molecule has 182 valence electrons. The number of thioether (sulfide) groups is 1. The molecule has 2 aromatic carbocycles. The number of aromatic nitrogens is 2. The van der Waals surface area contributed by atoms with Crippen LogP contribution in [0.1, 0.15) is 10.9 Å². The maximum atomic E-state index is 12.9. The predicted molar refractivity (Wildman–Crippen MR) is 134 cm³/mol. The minimum absolute atomic E-state index is 0.0933. The molecule has 1 atom stereocenters. The molecule has 3 aliphatic heterocycles. The van der Waals surface area contributed by atoms with E-state index >= 15 is 0 Å². The van der Waals surface area contributed by atoms with Gasteiger partial charge in [0.25, 0.3) is 0 Å². The van der Waals surface area contributed by atoms with Gasteiger partial charge in [-0.2, -0.15) is 5.10 Å². The molecule has 3 aromatic rings. The molecule has 0 radical (unpaired) electrons. The lowest BCUT2D eigenvalue weighted by Gasteiger charge is -2.30. The van der Waals surface area contributed by atoms with Crippen LogP contribution in [0.3, 0.4) is 0 Å². The zero-order valence-corrected chi connectivity index (χ0v) is 20.3. The van der Waals surface area contributed by atoms with Gasteiger partial charge in [0.1, 0.15) is 18.6 Å². The Morgan fingerprint density at radius 2 is 1.74 bits per heavy atom. The maximum Gasteiger partial charge on any atom is 0.233 e. The van der Waals surface area contributed by atoms with E-state index < -0.39 is 0 Å². The van der Waals surface area contributed by atoms with Gasteiger partial charge in [0.2, 0.25) is 5.91 Å². The summed E-state index contributed by atoms with van der Waals surface area (Å²) in [5.41, 5.74) is 3.82. The first-order valence-electron chi connectivity index (χ1n) is 12.0. The second kappa shape index (κ2) is 9.93.